The molecule has 1 aromatic carbocycles. The number of aromatic hydroxyl groups is 1. The van der Waals surface area contributed by atoms with E-state index < -0.39 is 17.2 Å². The molecule has 0 aliphatic heterocycles. The predicted molar refractivity (Wildman–Crippen MR) is 107 cm³/mol. The molecule has 2 aromatic heterocycles. The van der Waals surface area contributed by atoms with E-state index in [1.807, 2.05) is 18.2 Å². The second-order valence-electron chi connectivity index (χ2n) is 6.49. The van der Waals surface area contributed by atoms with Gasteiger partial charge in [-0.25, -0.2) is 0 Å². The first-order chi connectivity index (χ1) is 14.0. The van der Waals surface area contributed by atoms with Crippen molar-refractivity contribution in [3.8, 4) is 11.5 Å². The van der Waals surface area contributed by atoms with Gasteiger partial charge >= 0.3 is 0 Å². The van der Waals surface area contributed by atoms with Gasteiger partial charge in [0.1, 0.15) is 17.6 Å². The van der Waals surface area contributed by atoms with Gasteiger partial charge in [0.15, 0.2) is 11.5 Å². The molecule has 0 spiro atoms. The third-order valence-electron chi connectivity index (χ3n) is 4.43. The Morgan fingerprint density at radius 3 is 2.66 bits per heavy atom. The number of Topliss-reactive ketones (excluding diaryl/α,β-unsaturated/α-hetero) is 1. The first-order valence-corrected chi connectivity index (χ1v) is 9.14. The summed E-state index contributed by atoms with van der Waals surface area (Å²) >= 11 is 0. The van der Waals surface area contributed by atoms with Gasteiger partial charge in [0.25, 0.3) is 0 Å². The lowest BCUT2D eigenvalue weighted by atomic mass is 10.0. The summed E-state index contributed by atoms with van der Waals surface area (Å²) in [6.45, 7) is 1.98. The third kappa shape index (κ3) is 4.89. The van der Waals surface area contributed by atoms with E-state index in [9.17, 15) is 14.7 Å². The number of ketones is 1. The van der Waals surface area contributed by atoms with Crippen molar-refractivity contribution >= 4 is 5.78 Å². The van der Waals surface area contributed by atoms with E-state index in [1.165, 1.54) is 13.2 Å². The summed E-state index contributed by atoms with van der Waals surface area (Å²) in [5.74, 6) is -0.0876. The molecule has 7 nitrogen and oxygen atoms in total. The number of nitrogens with one attached hydrogen (secondary N) is 1. The van der Waals surface area contributed by atoms with E-state index in [2.05, 4.69) is 10.3 Å². The van der Waals surface area contributed by atoms with Gasteiger partial charge in [-0.05, 0) is 43.3 Å². The number of nitrogens with zero attached hydrogens (tertiary/aromatic N) is 1. The van der Waals surface area contributed by atoms with Crippen molar-refractivity contribution in [3.05, 3.63) is 87.7 Å². The molecule has 0 saturated heterocycles. The van der Waals surface area contributed by atoms with Gasteiger partial charge in [-0.3, -0.25) is 14.6 Å². The van der Waals surface area contributed by atoms with Crippen LogP contribution in [0.1, 0.15) is 33.6 Å². The van der Waals surface area contributed by atoms with Crippen LogP contribution in [0.25, 0.3) is 0 Å². The van der Waals surface area contributed by atoms with Crippen LogP contribution in [0.2, 0.25) is 0 Å². The average molecular weight is 394 g/mol. The fourth-order valence-corrected chi connectivity index (χ4v) is 2.94. The van der Waals surface area contributed by atoms with Gasteiger partial charge in [-0.2, -0.15) is 0 Å². The van der Waals surface area contributed by atoms with Gasteiger partial charge in [0.2, 0.25) is 11.2 Å². The van der Waals surface area contributed by atoms with Crippen LogP contribution >= 0.6 is 0 Å². The van der Waals surface area contributed by atoms with E-state index in [-0.39, 0.29) is 11.5 Å². The molecule has 0 aliphatic carbocycles. The number of methoxy groups -OCH3 is 1. The van der Waals surface area contributed by atoms with Gasteiger partial charge in [0, 0.05) is 36.5 Å². The van der Waals surface area contributed by atoms with Crippen molar-refractivity contribution in [1.82, 2.24) is 10.3 Å². The SMILES string of the molecule is COc1ccc(C(=O)C(NCCc2ccccn2)c2oc(C)cc(=O)c2O)cc1. The Kier molecular flexibility index (Phi) is 6.41. The molecule has 0 aliphatic rings. The highest BCUT2D eigenvalue weighted by Gasteiger charge is 2.28. The molecule has 2 heterocycles. The van der Waals surface area contributed by atoms with Gasteiger partial charge in [-0.1, -0.05) is 6.07 Å². The Balaban J connectivity index is 1.90. The molecule has 1 unspecified atom stereocenters. The van der Waals surface area contributed by atoms with Crippen LogP contribution in [0.3, 0.4) is 0 Å². The van der Waals surface area contributed by atoms with E-state index in [0.717, 1.165) is 5.69 Å². The minimum absolute atomic E-state index is 0.100. The Morgan fingerprint density at radius 2 is 2.00 bits per heavy atom. The van der Waals surface area contributed by atoms with Crippen molar-refractivity contribution < 1.29 is 19.1 Å². The van der Waals surface area contributed by atoms with Gasteiger partial charge in [0.05, 0.1) is 7.11 Å². The molecule has 0 radical (unpaired) electrons. The maximum Gasteiger partial charge on any atom is 0.227 e. The highest BCUT2D eigenvalue weighted by atomic mass is 16.5. The summed E-state index contributed by atoms with van der Waals surface area (Å²) in [6.07, 6.45) is 2.25. The van der Waals surface area contributed by atoms with Crippen molar-refractivity contribution in [3.63, 3.8) is 0 Å². The number of aryl methyl sites for hydroxylation is 1. The van der Waals surface area contributed by atoms with Gasteiger partial charge in [-0.15, -0.1) is 0 Å². The molecule has 0 amide bonds. The summed E-state index contributed by atoms with van der Waals surface area (Å²) in [5.41, 5.74) is 0.651. The Labute approximate surface area is 168 Å². The summed E-state index contributed by atoms with van der Waals surface area (Å²) in [4.78, 5) is 29.5. The number of benzene rings is 1. The highest BCUT2D eigenvalue weighted by Crippen LogP contribution is 2.26. The number of rotatable bonds is 8. The van der Waals surface area contributed by atoms with E-state index in [4.69, 9.17) is 9.15 Å². The lowest BCUT2D eigenvalue weighted by molar-refractivity contribution is 0.0926. The minimum Gasteiger partial charge on any atom is -0.502 e. The van der Waals surface area contributed by atoms with Crippen LogP contribution in [-0.4, -0.2) is 29.5 Å². The summed E-state index contributed by atoms with van der Waals surface area (Å²) in [5, 5.41) is 13.3. The fourth-order valence-electron chi connectivity index (χ4n) is 2.94. The molecule has 7 heteroatoms. The molecule has 0 bridgehead atoms. The number of carbonyl (C=O) groups excluding carboxylic acids is 1. The summed E-state index contributed by atoms with van der Waals surface area (Å²) in [6, 6.07) is 12.3. The molecule has 3 rings (SSSR count). The lowest BCUT2D eigenvalue weighted by Crippen LogP contribution is -2.31. The molecular weight excluding hydrogens is 372 g/mol. The number of pyridine rings is 1. The van der Waals surface area contributed by atoms with Crippen LogP contribution in [0, 0.1) is 6.92 Å². The van der Waals surface area contributed by atoms with Crippen molar-refractivity contribution in [2.24, 2.45) is 0 Å². The summed E-state index contributed by atoms with van der Waals surface area (Å²) in [7, 11) is 1.54. The molecule has 0 saturated carbocycles. The van der Waals surface area contributed by atoms with Crippen LogP contribution in [-0.2, 0) is 6.42 Å². The zero-order valence-electron chi connectivity index (χ0n) is 16.2. The topological polar surface area (TPSA) is 102 Å². The molecule has 29 heavy (non-hydrogen) atoms. The first-order valence-electron chi connectivity index (χ1n) is 9.14. The molecule has 0 fully saturated rings. The number of ether oxygens (including phenoxy) is 1. The second-order valence-corrected chi connectivity index (χ2v) is 6.49. The lowest BCUT2D eigenvalue weighted by Gasteiger charge is -2.18. The molecule has 3 aromatic rings. The van der Waals surface area contributed by atoms with E-state index in [1.54, 1.807) is 37.4 Å². The third-order valence-corrected chi connectivity index (χ3v) is 4.43. The average Bonchev–Trinajstić information content (AvgIpc) is 2.74. The predicted octanol–water partition coefficient (Wildman–Crippen LogP) is 2.81. The molecular formula is C22H22N2O5. The first kappa shape index (κ1) is 20.3. The standard InChI is InChI=1S/C22H22N2O5/c1-14-13-18(25)21(27)22(29-14)19(24-12-10-16-5-3-4-11-23-16)20(26)15-6-8-17(28-2)9-7-15/h3-9,11,13,19,24,27H,10,12H2,1-2H3. The minimum atomic E-state index is -1.03. The van der Waals surface area contributed by atoms with Crippen LogP contribution in [0.5, 0.6) is 11.5 Å². The van der Waals surface area contributed by atoms with Crippen LogP contribution in [0.15, 0.2) is 63.9 Å². The zero-order chi connectivity index (χ0) is 20.8. The number of hydrogen-bond acceptors (Lipinski definition) is 7. The van der Waals surface area contributed by atoms with Crippen molar-refractivity contribution in [2.45, 2.75) is 19.4 Å². The zero-order valence-corrected chi connectivity index (χ0v) is 16.2. The Morgan fingerprint density at radius 1 is 1.24 bits per heavy atom. The maximum absolute atomic E-state index is 13.2. The number of carbonyl (C=O) groups is 1. The second kappa shape index (κ2) is 9.16. The maximum atomic E-state index is 13.2. The largest absolute Gasteiger partial charge is 0.502 e. The van der Waals surface area contributed by atoms with E-state index in [0.29, 0.717) is 30.0 Å². The molecule has 150 valence electrons. The fraction of sp³-hybridized carbons (Fsp3) is 0.227. The normalized spacial score (nSPS) is 11.8. The van der Waals surface area contributed by atoms with Crippen LogP contribution in [0.4, 0.5) is 0 Å². The highest BCUT2D eigenvalue weighted by molar-refractivity contribution is 6.00. The number of aromatic nitrogens is 1. The summed E-state index contributed by atoms with van der Waals surface area (Å²) < 4.78 is 10.7. The van der Waals surface area contributed by atoms with Crippen molar-refractivity contribution in [1.29, 1.82) is 0 Å². The van der Waals surface area contributed by atoms with Crippen LogP contribution < -0.4 is 15.5 Å². The monoisotopic (exact) mass is 394 g/mol. The molecule has 1 atom stereocenters. The quantitative estimate of drug-likeness (QED) is 0.567. The Bertz CT molecular complexity index is 1030. The van der Waals surface area contributed by atoms with Crippen molar-refractivity contribution in [2.75, 3.05) is 13.7 Å². The smallest absolute Gasteiger partial charge is 0.227 e. The van der Waals surface area contributed by atoms with E-state index >= 15 is 0 Å². The van der Waals surface area contributed by atoms with Gasteiger partial charge < -0.3 is 19.6 Å². The number of hydrogen-bond donors (Lipinski definition) is 2. The molecule has 2 N–H and O–H groups in total. The Hall–Kier alpha value is -3.45.